The van der Waals surface area contributed by atoms with Crippen molar-refractivity contribution in [3.05, 3.63) is 255 Å². The Hall–Kier alpha value is -8.72. The van der Waals surface area contributed by atoms with E-state index < -0.39 is 0 Å². The molecular formula is C64H42N2. The Morgan fingerprint density at radius 3 is 1.38 bits per heavy atom. The van der Waals surface area contributed by atoms with Crippen molar-refractivity contribution >= 4 is 71.2 Å². The third kappa shape index (κ3) is 6.18. The van der Waals surface area contributed by atoms with E-state index in [0.717, 1.165) is 33.8 Å². The number of fused-ring (bicyclic) bond motifs is 3. The first-order valence-corrected chi connectivity index (χ1v) is 22.8. The second-order valence-corrected chi connectivity index (χ2v) is 17.3. The van der Waals surface area contributed by atoms with Crippen molar-refractivity contribution in [2.24, 2.45) is 0 Å². The van der Waals surface area contributed by atoms with Crippen molar-refractivity contribution in [2.75, 3.05) is 4.90 Å². The molecule has 0 aliphatic rings. The van der Waals surface area contributed by atoms with Gasteiger partial charge in [0.1, 0.15) is 0 Å². The molecule has 0 amide bonds. The average molecular weight is 839 g/mol. The topological polar surface area (TPSA) is 8.17 Å². The molecule has 308 valence electrons. The summed E-state index contributed by atoms with van der Waals surface area (Å²) in [5, 5.41) is 9.95. The lowest BCUT2D eigenvalue weighted by atomic mass is 9.91. The van der Waals surface area contributed by atoms with Crippen LogP contribution in [0.4, 0.5) is 17.1 Å². The molecule has 0 spiro atoms. The van der Waals surface area contributed by atoms with Gasteiger partial charge in [0, 0.05) is 32.9 Å². The minimum atomic E-state index is 1.08. The smallest absolute Gasteiger partial charge is 0.0541 e. The van der Waals surface area contributed by atoms with E-state index >= 15 is 0 Å². The number of rotatable bonds is 8. The minimum absolute atomic E-state index is 1.08. The zero-order chi connectivity index (χ0) is 43.6. The van der Waals surface area contributed by atoms with Gasteiger partial charge in [0.2, 0.25) is 0 Å². The molecule has 1 heterocycles. The molecule has 0 saturated carbocycles. The molecule has 0 radical (unpaired) electrons. The van der Waals surface area contributed by atoms with E-state index in [4.69, 9.17) is 0 Å². The van der Waals surface area contributed by atoms with Crippen LogP contribution in [0.1, 0.15) is 0 Å². The highest BCUT2D eigenvalue weighted by Gasteiger charge is 2.23. The fraction of sp³-hybridized carbons (Fsp3) is 0. The van der Waals surface area contributed by atoms with Crippen molar-refractivity contribution in [3.8, 4) is 50.2 Å². The van der Waals surface area contributed by atoms with Crippen LogP contribution in [0.2, 0.25) is 0 Å². The van der Waals surface area contributed by atoms with E-state index in [9.17, 15) is 0 Å². The highest BCUT2D eigenvalue weighted by Crippen LogP contribution is 2.48. The Bertz CT molecular complexity index is 3810. The summed E-state index contributed by atoms with van der Waals surface area (Å²) in [7, 11) is 0. The van der Waals surface area contributed by atoms with Crippen LogP contribution in [0.25, 0.3) is 104 Å². The van der Waals surface area contributed by atoms with Crippen LogP contribution >= 0.6 is 0 Å². The number of aromatic nitrogens is 1. The Balaban J connectivity index is 1.08. The molecule has 0 aliphatic heterocycles. The summed E-state index contributed by atoms with van der Waals surface area (Å²) in [6.07, 6.45) is 0. The van der Waals surface area contributed by atoms with Crippen LogP contribution in [-0.4, -0.2) is 4.57 Å². The van der Waals surface area contributed by atoms with E-state index in [-0.39, 0.29) is 0 Å². The van der Waals surface area contributed by atoms with Gasteiger partial charge in [0.25, 0.3) is 0 Å². The molecule has 0 unspecified atom stereocenters. The molecule has 13 aromatic rings. The summed E-state index contributed by atoms with van der Waals surface area (Å²) in [4.78, 5) is 2.49. The zero-order valence-corrected chi connectivity index (χ0v) is 36.1. The van der Waals surface area contributed by atoms with Gasteiger partial charge in [-0.25, -0.2) is 0 Å². The van der Waals surface area contributed by atoms with Crippen LogP contribution in [0.3, 0.4) is 0 Å². The summed E-state index contributed by atoms with van der Waals surface area (Å²) in [6.45, 7) is 0. The molecule has 2 nitrogen and oxygen atoms in total. The van der Waals surface area contributed by atoms with Gasteiger partial charge in [-0.15, -0.1) is 0 Å². The fourth-order valence-electron chi connectivity index (χ4n) is 10.5. The Labute approximate surface area is 383 Å². The summed E-state index contributed by atoms with van der Waals surface area (Å²) in [6, 6.07) is 93.4. The fourth-order valence-corrected chi connectivity index (χ4v) is 10.5. The molecule has 0 N–H and O–H groups in total. The van der Waals surface area contributed by atoms with E-state index in [1.54, 1.807) is 0 Å². The molecule has 2 heteroatoms. The van der Waals surface area contributed by atoms with Crippen LogP contribution in [0.5, 0.6) is 0 Å². The van der Waals surface area contributed by atoms with Gasteiger partial charge in [0.05, 0.1) is 22.4 Å². The number of anilines is 3. The second-order valence-electron chi connectivity index (χ2n) is 17.3. The molecular weight excluding hydrogens is 797 g/mol. The number of hydrogen-bond acceptors (Lipinski definition) is 1. The van der Waals surface area contributed by atoms with E-state index in [1.807, 2.05) is 0 Å². The molecule has 13 rings (SSSR count). The van der Waals surface area contributed by atoms with Gasteiger partial charge in [-0.3, -0.25) is 0 Å². The van der Waals surface area contributed by atoms with Gasteiger partial charge in [0.15, 0.2) is 0 Å². The highest BCUT2D eigenvalue weighted by atomic mass is 15.1. The van der Waals surface area contributed by atoms with Crippen molar-refractivity contribution in [1.82, 2.24) is 4.57 Å². The summed E-state index contributed by atoms with van der Waals surface area (Å²) >= 11 is 0. The lowest BCUT2D eigenvalue weighted by Crippen LogP contribution is -2.11. The third-order valence-electron chi connectivity index (χ3n) is 13.5. The maximum absolute atomic E-state index is 2.49. The number of hydrogen-bond donors (Lipinski definition) is 0. The van der Waals surface area contributed by atoms with Crippen LogP contribution in [0.15, 0.2) is 255 Å². The molecule has 0 atom stereocenters. The number of benzene rings is 12. The molecule has 12 aromatic carbocycles. The van der Waals surface area contributed by atoms with Crippen molar-refractivity contribution in [1.29, 1.82) is 0 Å². The predicted octanol–water partition coefficient (Wildman–Crippen LogP) is 17.8. The van der Waals surface area contributed by atoms with Crippen molar-refractivity contribution in [3.63, 3.8) is 0 Å². The predicted molar refractivity (Wildman–Crippen MR) is 281 cm³/mol. The lowest BCUT2D eigenvalue weighted by Gasteiger charge is -2.29. The molecule has 0 aliphatic carbocycles. The molecule has 66 heavy (non-hydrogen) atoms. The first kappa shape index (κ1) is 37.8. The van der Waals surface area contributed by atoms with Crippen LogP contribution in [0, 0.1) is 0 Å². The van der Waals surface area contributed by atoms with Crippen LogP contribution in [-0.2, 0) is 0 Å². The largest absolute Gasteiger partial charge is 0.310 e. The maximum atomic E-state index is 2.49. The summed E-state index contributed by atoms with van der Waals surface area (Å²) in [5.74, 6) is 0. The first-order valence-electron chi connectivity index (χ1n) is 22.8. The average Bonchev–Trinajstić information content (AvgIpc) is 3.73. The normalized spacial score (nSPS) is 11.6. The monoisotopic (exact) mass is 838 g/mol. The Kier molecular flexibility index (Phi) is 8.89. The number of nitrogens with zero attached hydrogens (tertiary/aromatic N) is 2. The Morgan fingerprint density at radius 1 is 0.273 bits per heavy atom. The van der Waals surface area contributed by atoms with Gasteiger partial charge in [-0.1, -0.05) is 200 Å². The van der Waals surface area contributed by atoms with Gasteiger partial charge in [-0.2, -0.15) is 0 Å². The van der Waals surface area contributed by atoms with E-state index in [1.165, 1.54) is 87.6 Å². The molecule has 0 saturated heterocycles. The third-order valence-corrected chi connectivity index (χ3v) is 13.5. The Morgan fingerprint density at radius 2 is 0.742 bits per heavy atom. The zero-order valence-electron chi connectivity index (χ0n) is 36.1. The molecule has 0 fully saturated rings. The van der Waals surface area contributed by atoms with Gasteiger partial charge < -0.3 is 9.47 Å². The standard InChI is InChI=1S/C64H42N2/c1-4-17-43(18-5-1)49-39-50(44-19-6-2-7-20-44)42-52(41-49)65(51-24-16-23-48(40-51)54-26-11-10-25-53(54)45-21-8-3-9-22-45)61-37-33-46-32-36-58-62(38-34-47-31-35-57(61)63(46)64(47)58)66-59-29-14-12-27-55(59)56-28-13-15-30-60(56)66/h1-42H. The van der Waals surface area contributed by atoms with Gasteiger partial charge >= 0.3 is 0 Å². The van der Waals surface area contributed by atoms with E-state index in [2.05, 4.69) is 264 Å². The quantitative estimate of drug-likeness (QED) is 0.138. The highest BCUT2D eigenvalue weighted by molar-refractivity contribution is 6.27. The summed E-state index contributed by atoms with van der Waals surface area (Å²) < 4.78 is 2.46. The van der Waals surface area contributed by atoms with Crippen molar-refractivity contribution in [2.45, 2.75) is 0 Å². The van der Waals surface area contributed by atoms with Gasteiger partial charge in [-0.05, 0) is 121 Å². The van der Waals surface area contributed by atoms with Crippen LogP contribution < -0.4 is 4.90 Å². The molecule has 1 aromatic heterocycles. The first-order chi connectivity index (χ1) is 32.7. The van der Waals surface area contributed by atoms with Crippen molar-refractivity contribution < 1.29 is 0 Å². The van der Waals surface area contributed by atoms with E-state index in [0.29, 0.717) is 0 Å². The number of para-hydroxylation sites is 2. The maximum Gasteiger partial charge on any atom is 0.0541 e. The summed E-state index contributed by atoms with van der Waals surface area (Å²) in [5.41, 5.74) is 16.3. The second kappa shape index (κ2) is 15.5. The molecule has 0 bridgehead atoms. The SMILES string of the molecule is c1ccc(-c2cc(-c3ccccc3)cc(N(c3cccc(-c4ccccc4-c4ccccc4)c3)c3ccc4ccc5c(-n6c7ccccc7c7ccccc76)ccc6ccc3c4c65)c2)cc1. The lowest BCUT2D eigenvalue weighted by molar-refractivity contribution is 1.20. The minimum Gasteiger partial charge on any atom is -0.310 e.